The van der Waals surface area contributed by atoms with Crippen LogP contribution in [-0.2, 0) is 6.18 Å². The summed E-state index contributed by atoms with van der Waals surface area (Å²) in [6.07, 6.45) is -3.28. The Labute approximate surface area is 122 Å². The summed E-state index contributed by atoms with van der Waals surface area (Å²) in [7, 11) is 0. The van der Waals surface area contributed by atoms with Crippen molar-refractivity contribution in [2.24, 2.45) is 0 Å². The summed E-state index contributed by atoms with van der Waals surface area (Å²) in [6.45, 7) is 5.45. The van der Waals surface area contributed by atoms with Crippen molar-refractivity contribution in [1.82, 2.24) is 15.0 Å². The van der Waals surface area contributed by atoms with E-state index in [1.807, 2.05) is 13.8 Å². The van der Waals surface area contributed by atoms with Gasteiger partial charge in [-0.05, 0) is 6.92 Å². The lowest BCUT2D eigenvalue weighted by Gasteiger charge is -2.09. The van der Waals surface area contributed by atoms with Gasteiger partial charge in [0.05, 0.1) is 10.6 Å². The Kier molecular flexibility index (Phi) is 4.02. The van der Waals surface area contributed by atoms with Crippen LogP contribution in [0.4, 0.5) is 13.2 Å². The highest BCUT2D eigenvalue weighted by atomic mass is 35.5. The van der Waals surface area contributed by atoms with Gasteiger partial charge in [0.1, 0.15) is 11.0 Å². The Balaban J connectivity index is 2.55. The van der Waals surface area contributed by atoms with Gasteiger partial charge >= 0.3 is 6.18 Å². The van der Waals surface area contributed by atoms with E-state index in [4.69, 9.17) is 11.6 Å². The molecule has 0 amide bonds. The van der Waals surface area contributed by atoms with Gasteiger partial charge in [0.15, 0.2) is 5.01 Å². The predicted octanol–water partition coefficient (Wildman–Crippen LogP) is 4.70. The quantitative estimate of drug-likeness (QED) is 0.752. The van der Waals surface area contributed by atoms with Gasteiger partial charge in [-0.2, -0.15) is 13.2 Å². The van der Waals surface area contributed by atoms with Crippen LogP contribution < -0.4 is 0 Å². The number of aromatic nitrogens is 3. The first kappa shape index (κ1) is 15.2. The largest absolute Gasteiger partial charge is 0.443 e. The van der Waals surface area contributed by atoms with Crippen molar-refractivity contribution in [3.63, 3.8) is 0 Å². The van der Waals surface area contributed by atoms with Gasteiger partial charge in [-0.15, -0.1) is 11.3 Å². The molecule has 108 valence electrons. The minimum absolute atomic E-state index is 0.0295. The maximum Gasteiger partial charge on any atom is 0.443 e. The van der Waals surface area contributed by atoms with Crippen molar-refractivity contribution in [3.8, 4) is 10.6 Å². The molecule has 0 aliphatic carbocycles. The number of alkyl halides is 3. The summed E-state index contributed by atoms with van der Waals surface area (Å²) >= 11 is 6.57. The lowest BCUT2D eigenvalue weighted by Crippen LogP contribution is -2.03. The summed E-state index contributed by atoms with van der Waals surface area (Å²) in [6, 6.07) is 0. The van der Waals surface area contributed by atoms with Crippen LogP contribution in [0.3, 0.4) is 0 Å². The van der Waals surface area contributed by atoms with Gasteiger partial charge in [0.2, 0.25) is 0 Å². The summed E-state index contributed by atoms with van der Waals surface area (Å²) in [5.41, 5.74) is 0.954. The number of hydrogen-bond acceptors (Lipinski definition) is 4. The lowest BCUT2D eigenvalue weighted by atomic mass is 10.1. The number of halogens is 4. The number of nitrogens with zero attached hydrogens (tertiary/aromatic N) is 3. The van der Waals surface area contributed by atoms with Crippen molar-refractivity contribution in [2.75, 3.05) is 0 Å². The lowest BCUT2D eigenvalue weighted by molar-refractivity contribution is -0.137. The summed E-state index contributed by atoms with van der Waals surface area (Å²) in [5, 5.41) is -0.645. The molecule has 2 aromatic rings. The summed E-state index contributed by atoms with van der Waals surface area (Å²) in [4.78, 5) is 12.2. The molecular weight excluding hydrogens is 311 g/mol. The van der Waals surface area contributed by atoms with Crippen LogP contribution in [0.25, 0.3) is 10.6 Å². The van der Waals surface area contributed by atoms with E-state index in [2.05, 4.69) is 15.0 Å². The highest BCUT2D eigenvalue weighted by Crippen LogP contribution is 2.37. The van der Waals surface area contributed by atoms with Gasteiger partial charge in [0, 0.05) is 17.7 Å². The van der Waals surface area contributed by atoms with Crippen LogP contribution in [-0.4, -0.2) is 15.0 Å². The fraction of sp³-hybridized carbons (Fsp3) is 0.417. The van der Waals surface area contributed by atoms with Crippen molar-refractivity contribution in [3.05, 3.63) is 27.7 Å². The van der Waals surface area contributed by atoms with E-state index < -0.39 is 11.2 Å². The maximum absolute atomic E-state index is 12.6. The standard InChI is InChI=1S/C12H11ClF3N3S/c1-5(2)10-18-8(6(3)9(13)19-10)7-4-17-11(20-7)12(14,15)16/h4-5H,1-3H3. The fourth-order valence-corrected chi connectivity index (χ4v) is 2.52. The predicted molar refractivity (Wildman–Crippen MR) is 72.0 cm³/mol. The van der Waals surface area contributed by atoms with E-state index in [1.54, 1.807) is 6.92 Å². The molecule has 2 heterocycles. The topological polar surface area (TPSA) is 38.7 Å². The molecule has 0 spiro atoms. The van der Waals surface area contributed by atoms with Gasteiger partial charge < -0.3 is 0 Å². The molecule has 2 aromatic heterocycles. The molecule has 0 fully saturated rings. The van der Waals surface area contributed by atoms with E-state index in [-0.39, 0.29) is 11.1 Å². The zero-order valence-electron chi connectivity index (χ0n) is 10.9. The third-order valence-electron chi connectivity index (χ3n) is 2.60. The van der Waals surface area contributed by atoms with Gasteiger partial charge in [-0.25, -0.2) is 15.0 Å². The first-order chi connectivity index (χ1) is 9.20. The highest BCUT2D eigenvalue weighted by molar-refractivity contribution is 7.15. The van der Waals surface area contributed by atoms with Crippen molar-refractivity contribution >= 4 is 22.9 Å². The first-order valence-electron chi connectivity index (χ1n) is 5.77. The maximum atomic E-state index is 12.6. The second-order valence-electron chi connectivity index (χ2n) is 4.53. The van der Waals surface area contributed by atoms with Crippen molar-refractivity contribution in [2.45, 2.75) is 32.9 Å². The molecule has 0 saturated carbocycles. The minimum Gasteiger partial charge on any atom is -0.240 e. The zero-order valence-corrected chi connectivity index (χ0v) is 12.5. The molecule has 0 unspecified atom stereocenters. The number of rotatable bonds is 2. The van der Waals surface area contributed by atoms with E-state index in [1.165, 1.54) is 6.20 Å². The molecule has 2 rings (SSSR count). The molecule has 0 saturated heterocycles. The second kappa shape index (κ2) is 5.29. The van der Waals surface area contributed by atoms with E-state index in [9.17, 15) is 13.2 Å². The second-order valence-corrected chi connectivity index (χ2v) is 5.92. The highest BCUT2D eigenvalue weighted by Gasteiger charge is 2.35. The average molecular weight is 322 g/mol. The molecule has 8 heteroatoms. The number of thiazole rings is 1. The van der Waals surface area contributed by atoms with E-state index in [0.717, 1.165) is 0 Å². The van der Waals surface area contributed by atoms with Crippen molar-refractivity contribution in [1.29, 1.82) is 0 Å². The van der Waals surface area contributed by atoms with Crippen molar-refractivity contribution < 1.29 is 13.2 Å². The van der Waals surface area contributed by atoms with Crippen LogP contribution in [0.15, 0.2) is 6.20 Å². The molecule has 0 aromatic carbocycles. The average Bonchev–Trinajstić information content (AvgIpc) is 2.81. The Morgan fingerprint density at radius 1 is 1.25 bits per heavy atom. The first-order valence-corrected chi connectivity index (χ1v) is 6.97. The molecule has 0 aliphatic heterocycles. The normalized spacial score (nSPS) is 12.2. The van der Waals surface area contributed by atoms with Crippen LogP contribution in [0, 0.1) is 6.92 Å². The smallest absolute Gasteiger partial charge is 0.240 e. The zero-order chi connectivity index (χ0) is 15.1. The third-order valence-corrected chi connectivity index (χ3v) is 4.02. The minimum atomic E-state index is -4.45. The molecule has 3 nitrogen and oxygen atoms in total. The molecule has 0 radical (unpaired) electrons. The molecular formula is C12H11ClF3N3S. The SMILES string of the molecule is Cc1c(Cl)nc(C(C)C)nc1-c1cnc(C(F)(F)F)s1. The summed E-state index contributed by atoms with van der Waals surface area (Å²) < 4.78 is 37.8. The molecule has 0 atom stereocenters. The monoisotopic (exact) mass is 321 g/mol. The van der Waals surface area contributed by atoms with Gasteiger partial charge in [-0.1, -0.05) is 25.4 Å². The molecule has 20 heavy (non-hydrogen) atoms. The van der Waals surface area contributed by atoms with Crippen LogP contribution in [0.1, 0.15) is 36.2 Å². The Bertz CT molecular complexity index is 637. The van der Waals surface area contributed by atoms with Crippen LogP contribution >= 0.6 is 22.9 Å². The fourth-order valence-electron chi connectivity index (χ4n) is 1.52. The summed E-state index contributed by atoms with van der Waals surface area (Å²) in [5.74, 6) is 0.527. The number of hydrogen-bond donors (Lipinski definition) is 0. The van der Waals surface area contributed by atoms with Gasteiger partial charge in [0.25, 0.3) is 0 Å². The Hall–Kier alpha value is -1.21. The molecule has 0 bridgehead atoms. The van der Waals surface area contributed by atoms with Gasteiger partial charge in [-0.3, -0.25) is 0 Å². The third kappa shape index (κ3) is 2.93. The van der Waals surface area contributed by atoms with Crippen LogP contribution in [0.2, 0.25) is 5.15 Å². The Morgan fingerprint density at radius 2 is 1.90 bits per heavy atom. The molecule has 0 N–H and O–H groups in total. The molecule has 0 aliphatic rings. The van der Waals surface area contributed by atoms with E-state index >= 15 is 0 Å². The Morgan fingerprint density at radius 3 is 2.40 bits per heavy atom. The van der Waals surface area contributed by atoms with Crippen LogP contribution in [0.5, 0.6) is 0 Å². The van der Waals surface area contributed by atoms with E-state index in [0.29, 0.717) is 33.3 Å².